The Bertz CT molecular complexity index is 1010. The molecule has 2 aromatic heterocycles. The first-order valence-electron chi connectivity index (χ1n) is 8.35. The molecule has 2 heterocycles. The number of amides is 2. The highest BCUT2D eigenvalue weighted by Gasteiger charge is 2.14. The number of anilines is 1. The van der Waals surface area contributed by atoms with E-state index in [4.69, 9.17) is 5.73 Å². The summed E-state index contributed by atoms with van der Waals surface area (Å²) in [4.78, 5) is 32.2. The molecule has 0 atom stereocenters. The van der Waals surface area contributed by atoms with Crippen molar-refractivity contribution in [1.82, 2.24) is 19.6 Å². The van der Waals surface area contributed by atoms with Crippen LogP contribution in [-0.4, -0.2) is 37.7 Å². The third-order valence-corrected chi connectivity index (χ3v) is 4.81. The van der Waals surface area contributed by atoms with Gasteiger partial charge in [-0.2, -0.15) is 4.98 Å². The molecule has 2 amide bonds. The molecule has 3 rings (SSSR count). The molecule has 1 aromatic carbocycles. The minimum absolute atomic E-state index is 0.121. The van der Waals surface area contributed by atoms with Crippen LogP contribution in [0.25, 0.3) is 5.78 Å². The second-order valence-electron chi connectivity index (χ2n) is 6.06. The number of thioether (sulfide) groups is 1. The van der Waals surface area contributed by atoms with E-state index in [1.54, 1.807) is 28.8 Å². The number of carbonyl (C=O) groups is 2. The molecule has 9 heteroatoms. The van der Waals surface area contributed by atoms with Crippen molar-refractivity contribution in [1.29, 1.82) is 0 Å². The van der Waals surface area contributed by atoms with Gasteiger partial charge in [-0.15, -0.1) is 5.10 Å². The van der Waals surface area contributed by atoms with Crippen molar-refractivity contribution in [2.24, 2.45) is 5.73 Å². The number of rotatable bonds is 6. The lowest BCUT2D eigenvalue weighted by Gasteiger charge is -2.10. The predicted octanol–water partition coefficient (Wildman–Crippen LogP) is 2.13. The molecule has 0 bridgehead atoms. The Labute approximate surface area is 160 Å². The van der Waals surface area contributed by atoms with Gasteiger partial charge in [0.25, 0.3) is 5.78 Å². The number of nitrogens with zero attached hydrogens (tertiary/aromatic N) is 4. The topological polar surface area (TPSA) is 115 Å². The average Bonchev–Trinajstić information content (AvgIpc) is 3.05. The first-order chi connectivity index (χ1) is 12.9. The largest absolute Gasteiger partial charge is 0.366 e. The Balaban J connectivity index is 1.70. The smallest absolute Gasteiger partial charge is 0.253 e. The summed E-state index contributed by atoms with van der Waals surface area (Å²) in [5.74, 6) is -0.0549. The second kappa shape index (κ2) is 7.75. The van der Waals surface area contributed by atoms with Crippen LogP contribution in [0, 0.1) is 13.8 Å². The Hall–Kier alpha value is -2.94. The van der Waals surface area contributed by atoms with Gasteiger partial charge < -0.3 is 11.1 Å². The summed E-state index contributed by atoms with van der Waals surface area (Å²) in [7, 11) is 0. The fraction of sp³-hybridized carbons (Fsp3) is 0.278. The number of primary amides is 1. The van der Waals surface area contributed by atoms with Crippen molar-refractivity contribution in [3.05, 3.63) is 46.8 Å². The average molecular weight is 384 g/mol. The van der Waals surface area contributed by atoms with Gasteiger partial charge >= 0.3 is 0 Å². The maximum absolute atomic E-state index is 12.3. The van der Waals surface area contributed by atoms with Crippen LogP contribution in [0.4, 0.5) is 5.69 Å². The molecule has 0 spiro atoms. The molecule has 8 nitrogen and oxygen atoms in total. The number of hydrogen-bond donors (Lipinski definition) is 2. The van der Waals surface area contributed by atoms with Crippen molar-refractivity contribution >= 4 is 35.0 Å². The minimum Gasteiger partial charge on any atom is -0.366 e. The Morgan fingerprint density at radius 1 is 1.19 bits per heavy atom. The number of carbonyl (C=O) groups excluding carboxylic acids is 2. The Kier molecular flexibility index (Phi) is 5.41. The van der Waals surface area contributed by atoms with E-state index in [-0.39, 0.29) is 5.91 Å². The summed E-state index contributed by atoms with van der Waals surface area (Å²) in [6.45, 7) is 3.87. The van der Waals surface area contributed by atoms with Crippen molar-refractivity contribution in [2.75, 3.05) is 11.6 Å². The third kappa shape index (κ3) is 4.08. The normalized spacial score (nSPS) is 10.9. The Morgan fingerprint density at radius 3 is 2.52 bits per heavy atom. The summed E-state index contributed by atoms with van der Waals surface area (Å²) >= 11 is 1.46. The molecule has 0 aliphatic rings. The van der Waals surface area contributed by atoms with E-state index in [1.165, 1.54) is 11.8 Å². The lowest BCUT2D eigenvalue weighted by atomic mass is 10.1. The van der Waals surface area contributed by atoms with Gasteiger partial charge in [-0.05, 0) is 56.4 Å². The van der Waals surface area contributed by atoms with Gasteiger partial charge in [-0.3, -0.25) is 9.59 Å². The van der Waals surface area contributed by atoms with Gasteiger partial charge in [0, 0.05) is 29.1 Å². The monoisotopic (exact) mass is 384 g/mol. The van der Waals surface area contributed by atoms with Gasteiger partial charge in [-0.1, -0.05) is 11.8 Å². The summed E-state index contributed by atoms with van der Waals surface area (Å²) in [6.07, 6.45) is 2.76. The lowest BCUT2D eigenvalue weighted by molar-refractivity contribution is -0.116. The molecule has 3 N–H and O–H groups in total. The van der Waals surface area contributed by atoms with Crippen LogP contribution < -0.4 is 11.1 Å². The highest BCUT2D eigenvalue weighted by molar-refractivity contribution is 7.98. The van der Waals surface area contributed by atoms with E-state index >= 15 is 0 Å². The zero-order chi connectivity index (χ0) is 19.6. The van der Waals surface area contributed by atoms with Gasteiger partial charge in [0.05, 0.1) is 0 Å². The molecule has 0 saturated carbocycles. The van der Waals surface area contributed by atoms with Crippen LogP contribution in [0.3, 0.4) is 0 Å². The van der Waals surface area contributed by atoms with Crippen LogP contribution in [0.15, 0.2) is 29.4 Å². The van der Waals surface area contributed by atoms with Crippen molar-refractivity contribution in [2.45, 2.75) is 31.8 Å². The quantitative estimate of drug-likeness (QED) is 0.629. The van der Waals surface area contributed by atoms with E-state index in [0.717, 1.165) is 17.0 Å². The fourth-order valence-electron chi connectivity index (χ4n) is 2.82. The zero-order valence-electron chi connectivity index (χ0n) is 15.3. The van der Waals surface area contributed by atoms with E-state index < -0.39 is 5.91 Å². The maximum atomic E-state index is 12.3. The maximum Gasteiger partial charge on any atom is 0.253 e. The number of benzene rings is 1. The molecule has 27 heavy (non-hydrogen) atoms. The number of nitrogens with one attached hydrogen (secondary N) is 1. The number of aromatic nitrogens is 4. The summed E-state index contributed by atoms with van der Waals surface area (Å²) in [5.41, 5.74) is 8.99. The number of fused-ring (bicyclic) bond motifs is 1. The molecule has 0 fully saturated rings. The van der Waals surface area contributed by atoms with E-state index in [0.29, 0.717) is 35.0 Å². The SMILES string of the molecule is CSc1nc2nc(C)c(CCC(=O)Nc3ccc(C(N)=O)cc3)c(C)n2n1. The van der Waals surface area contributed by atoms with Gasteiger partial charge in [-0.25, -0.2) is 9.50 Å². The lowest BCUT2D eigenvalue weighted by Crippen LogP contribution is -2.15. The molecule has 0 aliphatic heterocycles. The second-order valence-corrected chi connectivity index (χ2v) is 6.83. The minimum atomic E-state index is -0.500. The summed E-state index contributed by atoms with van der Waals surface area (Å²) in [5, 5.41) is 7.90. The highest BCUT2D eigenvalue weighted by Crippen LogP contribution is 2.18. The standard InChI is InChI=1S/C18H20N6O2S/c1-10-14(11(2)24-17(20-10)22-18(23-24)27-3)8-9-15(25)21-13-6-4-12(5-7-13)16(19)26/h4-7H,8-9H2,1-3H3,(H2,19,26)(H,21,25). The zero-order valence-corrected chi connectivity index (χ0v) is 16.1. The van der Waals surface area contributed by atoms with Crippen molar-refractivity contribution < 1.29 is 9.59 Å². The van der Waals surface area contributed by atoms with E-state index in [1.807, 2.05) is 20.1 Å². The third-order valence-electron chi connectivity index (χ3n) is 4.27. The summed E-state index contributed by atoms with van der Waals surface area (Å²) < 4.78 is 1.72. The number of nitrogens with two attached hydrogens (primary N) is 1. The number of hydrogen-bond acceptors (Lipinski definition) is 6. The van der Waals surface area contributed by atoms with Crippen molar-refractivity contribution in [3.63, 3.8) is 0 Å². The molecule has 0 radical (unpaired) electrons. The first kappa shape index (κ1) is 18.8. The fourth-order valence-corrected chi connectivity index (χ4v) is 3.15. The van der Waals surface area contributed by atoms with Crippen LogP contribution in [-0.2, 0) is 11.2 Å². The predicted molar refractivity (Wildman–Crippen MR) is 104 cm³/mol. The van der Waals surface area contributed by atoms with Crippen molar-refractivity contribution in [3.8, 4) is 0 Å². The molecule has 0 aliphatic carbocycles. The van der Waals surface area contributed by atoms with Crippen LogP contribution in [0.1, 0.15) is 33.7 Å². The van der Waals surface area contributed by atoms with Crippen LogP contribution in [0.2, 0.25) is 0 Å². The van der Waals surface area contributed by atoms with E-state index in [9.17, 15) is 9.59 Å². The molecule has 0 unspecified atom stereocenters. The molecule has 0 saturated heterocycles. The van der Waals surface area contributed by atoms with E-state index in [2.05, 4.69) is 20.4 Å². The van der Waals surface area contributed by atoms with Gasteiger partial charge in [0.1, 0.15) is 0 Å². The Morgan fingerprint density at radius 2 is 1.89 bits per heavy atom. The van der Waals surface area contributed by atoms with Gasteiger partial charge in [0.15, 0.2) is 0 Å². The van der Waals surface area contributed by atoms with Crippen LogP contribution in [0.5, 0.6) is 0 Å². The molecular weight excluding hydrogens is 364 g/mol. The molecule has 3 aromatic rings. The molecule has 140 valence electrons. The number of aryl methyl sites for hydroxylation is 2. The van der Waals surface area contributed by atoms with Gasteiger partial charge in [0.2, 0.25) is 17.0 Å². The molecular formula is C18H20N6O2S. The summed E-state index contributed by atoms with van der Waals surface area (Å²) in [6, 6.07) is 6.47. The highest BCUT2D eigenvalue weighted by atomic mass is 32.2. The first-order valence-corrected chi connectivity index (χ1v) is 9.58. The van der Waals surface area contributed by atoms with Crippen LogP contribution >= 0.6 is 11.8 Å².